The fraction of sp³-hybridized carbons (Fsp3) is 0.235. The van der Waals surface area contributed by atoms with Gasteiger partial charge in [0, 0.05) is 0 Å². The van der Waals surface area contributed by atoms with E-state index in [4.69, 9.17) is 9.84 Å². The fourth-order valence-corrected chi connectivity index (χ4v) is 2.04. The van der Waals surface area contributed by atoms with Crippen molar-refractivity contribution in [1.29, 1.82) is 0 Å². The molecule has 0 saturated heterocycles. The van der Waals surface area contributed by atoms with Crippen LogP contribution in [0.15, 0.2) is 42.5 Å². The third-order valence-electron chi connectivity index (χ3n) is 3.20. The van der Waals surface area contributed by atoms with Crippen LogP contribution in [-0.4, -0.2) is 17.2 Å². The van der Waals surface area contributed by atoms with Gasteiger partial charge in [-0.15, -0.1) is 0 Å². The maximum atomic E-state index is 10.8. The first kappa shape index (κ1) is 14.1. The summed E-state index contributed by atoms with van der Waals surface area (Å²) in [6.45, 7) is 5.63. The van der Waals surface area contributed by atoms with E-state index in [0.29, 0.717) is 5.75 Å². The summed E-state index contributed by atoms with van der Waals surface area (Å²) in [5, 5.41) is 8.89. The van der Waals surface area contributed by atoms with Crippen molar-refractivity contribution in [3.63, 3.8) is 0 Å². The van der Waals surface area contributed by atoms with Crippen LogP contribution in [0, 0.1) is 13.8 Å². The second-order valence-electron chi connectivity index (χ2n) is 4.94. The van der Waals surface area contributed by atoms with Crippen molar-refractivity contribution < 1.29 is 14.6 Å². The van der Waals surface area contributed by atoms with E-state index < -0.39 is 12.1 Å². The average molecular weight is 270 g/mol. The minimum absolute atomic E-state index is 0.568. The molecule has 2 aromatic rings. The second kappa shape index (κ2) is 5.78. The predicted molar refractivity (Wildman–Crippen MR) is 79.1 cm³/mol. The van der Waals surface area contributed by atoms with Gasteiger partial charge in [-0.2, -0.15) is 0 Å². The normalized spacial score (nSPS) is 11.9. The van der Waals surface area contributed by atoms with Crippen molar-refractivity contribution in [1.82, 2.24) is 0 Å². The Kier molecular flexibility index (Phi) is 4.08. The molecule has 0 heterocycles. The van der Waals surface area contributed by atoms with Gasteiger partial charge >= 0.3 is 5.97 Å². The molecule has 2 rings (SSSR count). The first-order chi connectivity index (χ1) is 9.47. The fourth-order valence-electron chi connectivity index (χ4n) is 2.04. The van der Waals surface area contributed by atoms with Gasteiger partial charge < -0.3 is 9.84 Å². The lowest BCUT2D eigenvalue weighted by atomic mass is 9.98. The number of aliphatic carboxylic acids is 1. The third kappa shape index (κ3) is 3.18. The summed E-state index contributed by atoms with van der Waals surface area (Å²) in [5.74, 6) is -0.402. The maximum Gasteiger partial charge on any atom is 0.344 e. The summed E-state index contributed by atoms with van der Waals surface area (Å²) in [7, 11) is 0. The van der Waals surface area contributed by atoms with Crippen LogP contribution in [0.25, 0.3) is 11.1 Å². The average Bonchev–Trinajstić information content (AvgIpc) is 2.41. The van der Waals surface area contributed by atoms with Crippen LogP contribution in [0.1, 0.15) is 18.1 Å². The van der Waals surface area contributed by atoms with E-state index in [1.807, 2.05) is 18.2 Å². The molecule has 1 N–H and O–H groups in total. The van der Waals surface area contributed by atoms with Crippen LogP contribution >= 0.6 is 0 Å². The topological polar surface area (TPSA) is 46.5 Å². The number of rotatable bonds is 4. The summed E-state index contributed by atoms with van der Waals surface area (Å²) in [5.41, 5.74) is 4.54. The van der Waals surface area contributed by atoms with Crippen molar-refractivity contribution >= 4 is 5.97 Å². The highest BCUT2D eigenvalue weighted by molar-refractivity contribution is 5.73. The molecule has 0 aliphatic carbocycles. The molecule has 0 saturated carbocycles. The van der Waals surface area contributed by atoms with Gasteiger partial charge in [-0.3, -0.25) is 0 Å². The molecule has 1 unspecified atom stereocenters. The lowest BCUT2D eigenvalue weighted by Gasteiger charge is -2.13. The number of ether oxygens (including phenoxy) is 1. The molecular formula is C17H18O3. The molecule has 0 aliphatic rings. The summed E-state index contributed by atoms with van der Waals surface area (Å²) < 4.78 is 5.41. The zero-order chi connectivity index (χ0) is 14.7. The van der Waals surface area contributed by atoms with Gasteiger partial charge in [0.1, 0.15) is 5.75 Å². The molecule has 3 heteroatoms. The molecule has 2 aromatic carbocycles. The van der Waals surface area contributed by atoms with Gasteiger partial charge in [-0.1, -0.05) is 35.9 Å². The lowest BCUT2D eigenvalue weighted by Crippen LogP contribution is -2.22. The molecule has 1 atom stereocenters. The Morgan fingerprint density at radius 2 is 1.90 bits per heavy atom. The highest BCUT2D eigenvalue weighted by atomic mass is 16.5. The number of carboxylic acids is 1. The number of hydrogen-bond acceptors (Lipinski definition) is 2. The van der Waals surface area contributed by atoms with Gasteiger partial charge in [0.2, 0.25) is 0 Å². The van der Waals surface area contributed by atoms with Crippen molar-refractivity contribution in [3.8, 4) is 16.9 Å². The molecule has 0 aromatic heterocycles. The maximum absolute atomic E-state index is 10.8. The summed E-state index contributed by atoms with van der Waals surface area (Å²) in [6, 6.07) is 13.8. The van der Waals surface area contributed by atoms with Crippen LogP contribution in [0.5, 0.6) is 5.75 Å². The van der Waals surface area contributed by atoms with E-state index in [2.05, 4.69) is 32.0 Å². The van der Waals surface area contributed by atoms with E-state index in [-0.39, 0.29) is 0 Å². The molecule has 104 valence electrons. The highest BCUT2D eigenvalue weighted by Gasteiger charge is 2.13. The van der Waals surface area contributed by atoms with E-state index in [0.717, 1.165) is 11.1 Å². The van der Waals surface area contributed by atoms with E-state index in [1.165, 1.54) is 18.1 Å². The molecule has 20 heavy (non-hydrogen) atoms. The largest absolute Gasteiger partial charge is 0.479 e. The zero-order valence-electron chi connectivity index (χ0n) is 11.9. The zero-order valence-corrected chi connectivity index (χ0v) is 11.9. The SMILES string of the molecule is Cc1ccc(C)c(-c2cccc(OC(C)C(=O)O)c2)c1. The van der Waals surface area contributed by atoms with Crippen molar-refractivity contribution in [2.24, 2.45) is 0 Å². The Hall–Kier alpha value is -2.29. The van der Waals surface area contributed by atoms with Crippen molar-refractivity contribution in [2.75, 3.05) is 0 Å². The molecule has 0 radical (unpaired) electrons. The molecule has 0 fully saturated rings. The summed E-state index contributed by atoms with van der Waals surface area (Å²) in [6.07, 6.45) is -0.858. The Morgan fingerprint density at radius 3 is 2.60 bits per heavy atom. The Bertz CT molecular complexity index is 632. The van der Waals surface area contributed by atoms with Crippen molar-refractivity contribution in [3.05, 3.63) is 53.6 Å². The first-order valence-corrected chi connectivity index (χ1v) is 6.54. The highest BCUT2D eigenvalue weighted by Crippen LogP contribution is 2.28. The minimum atomic E-state index is -0.970. The Morgan fingerprint density at radius 1 is 1.15 bits per heavy atom. The van der Waals surface area contributed by atoms with Crippen LogP contribution in [0.2, 0.25) is 0 Å². The standard InChI is InChI=1S/C17H18O3/c1-11-7-8-12(2)16(9-11)14-5-4-6-15(10-14)20-13(3)17(18)19/h4-10,13H,1-3H3,(H,18,19). The molecular weight excluding hydrogens is 252 g/mol. The second-order valence-corrected chi connectivity index (χ2v) is 4.94. The number of aryl methyl sites for hydroxylation is 2. The quantitative estimate of drug-likeness (QED) is 0.918. The van der Waals surface area contributed by atoms with Gasteiger partial charge in [0.05, 0.1) is 0 Å². The predicted octanol–water partition coefficient (Wildman–Crippen LogP) is 3.82. The molecule has 0 aliphatic heterocycles. The Balaban J connectivity index is 2.34. The van der Waals surface area contributed by atoms with Crippen LogP contribution in [0.4, 0.5) is 0 Å². The summed E-state index contributed by atoms with van der Waals surface area (Å²) >= 11 is 0. The molecule has 3 nitrogen and oxygen atoms in total. The third-order valence-corrected chi connectivity index (χ3v) is 3.20. The van der Waals surface area contributed by atoms with Gasteiger partial charge in [0.15, 0.2) is 6.10 Å². The van der Waals surface area contributed by atoms with Gasteiger partial charge in [0.25, 0.3) is 0 Å². The van der Waals surface area contributed by atoms with E-state index in [1.54, 1.807) is 6.07 Å². The van der Waals surface area contributed by atoms with E-state index >= 15 is 0 Å². The molecule has 0 bridgehead atoms. The van der Waals surface area contributed by atoms with Crippen LogP contribution in [-0.2, 0) is 4.79 Å². The van der Waals surface area contributed by atoms with Gasteiger partial charge in [-0.25, -0.2) is 4.79 Å². The minimum Gasteiger partial charge on any atom is -0.479 e. The van der Waals surface area contributed by atoms with Gasteiger partial charge in [-0.05, 0) is 49.6 Å². The lowest BCUT2D eigenvalue weighted by molar-refractivity contribution is -0.144. The summed E-state index contributed by atoms with van der Waals surface area (Å²) in [4.78, 5) is 10.8. The van der Waals surface area contributed by atoms with Crippen LogP contribution < -0.4 is 4.74 Å². The first-order valence-electron chi connectivity index (χ1n) is 6.54. The number of carboxylic acid groups (broad SMARTS) is 1. The number of benzene rings is 2. The number of hydrogen-bond donors (Lipinski definition) is 1. The molecule has 0 spiro atoms. The smallest absolute Gasteiger partial charge is 0.344 e. The van der Waals surface area contributed by atoms with Crippen molar-refractivity contribution in [2.45, 2.75) is 26.9 Å². The van der Waals surface area contributed by atoms with E-state index in [9.17, 15) is 4.79 Å². The monoisotopic (exact) mass is 270 g/mol. The number of carbonyl (C=O) groups is 1. The molecule has 0 amide bonds. The Labute approximate surface area is 118 Å². The van der Waals surface area contributed by atoms with Crippen LogP contribution in [0.3, 0.4) is 0 Å².